The van der Waals surface area contributed by atoms with Crippen LogP contribution in [0.2, 0.25) is 0 Å². The minimum Gasteiger partial charge on any atom is -0.385 e. The predicted molar refractivity (Wildman–Crippen MR) is 161 cm³/mol. The number of carbonyl (C=O) groups excluding carboxylic acids is 2. The van der Waals surface area contributed by atoms with Gasteiger partial charge in [-0.3, -0.25) is 9.59 Å². The number of hydrogen-bond donors (Lipinski definition) is 0. The van der Waals surface area contributed by atoms with Gasteiger partial charge in [0.25, 0.3) is 0 Å². The van der Waals surface area contributed by atoms with Gasteiger partial charge in [0.1, 0.15) is 10.6 Å². The van der Waals surface area contributed by atoms with Crippen molar-refractivity contribution in [2.45, 2.75) is 77.5 Å². The molecule has 0 N–H and O–H groups in total. The number of Topliss-reactive ketones (excluding diaryl/α,β-unsaturated/α-hetero) is 2. The highest BCUT2D eigenvalue weighted by atomic mass is 32.2. The summed E-state index contributed by atoms with van der Waals surface area (Å²) in [5.41, 5.74) is 4.43. The normalized spacial score (nSPS) is 20.5. The molecule has 224 valence electrons. The van der Waals surface area contributed by atoms with Crippen LogP contribution in [0.4, 0.5) is 0 Å². The first-order valence-corrected chi connectivity index (χ1v) is 16.0. The Labute approximate surface area is 249 Å². The Kier molecular flexibility index (Phi) is 8.00. The molecule has 0 spiro atoms. The molecular weight excluding hydrogens is 550 g/mol. The molecule has 3 aliphatic rings. The molecule has 8 heteroatoms. The first-order chi connectivity index (χ1) is 19.7. The molecule has 0 fully saturated rings. The SMILES string of the molecule is COCCCN1C2=C(C(=O)CC(C)(C)C2)C(c2cccc(OS(=O)(=O)c3ccc(C)cc3)c2)C2=C1CC(C)(C)CC2=O. The number of ketones is 2. The van der Waals surface area contributed by atoms with Crippen molar-refractivity contribution < 1.29 is 26.9 Å². The van der Waals surface area contributed by atoms with Gasteiger partial charge in [-0.2, -0.15) is 8.42 Å². The molecule has 5 rings (SSSR count). The minimum atomic E-state index is -4.08. The highest BCUT2D eigenvalue weighted by Gasteiger charge is 2.48. The quantitative estimate of drug-likeness (QED) is 0.256. The standard InChI is InChI=1S/C34H41NO6S/c1-22-11-13-25(14-12-22)42(38,39)41-24-10-7-9-23(17-24)30-31-26(18-33(2,3)20-28(31)36)35(15-8-16-40-6)27-19-34(4,5)21-29(37)32(27)30/h7,9-14,17,30H,8,15-16,18-21H2,1-6H3. The lowest BCUT2D eigenvalue weighted by Crippen LogP contribution is -2.44. The molecule has 0 saturated carbocycles. The highest BCUT2D eigenvalue weighted by molar-refractivity contribution is 7.87. The fourth-order valence-electron chi connectivity index (χ4n) is 6.64. The largest absolute Gasteiger partial charge is 0.385 e. The topological polar surface area (TPSA) is 90.0 Å². The number of methoxy groups -OCH3 is 1. The second-order valence-corrected chi connectivity index (χ2v) is 15.0. The molecule has 2 aromatic rings. The van der Waals surface area contributed by atoms with Gasteiger partial charge in [0, 0.05) is 61.6 Å². The van der Waals surface area contributed by atoms with Crippen molar-refractivity contribution in [2.75, 3.05) is 20.3 Å². The van der Waals surface area contributed by atoms with Gasteiger partial charge in [-0.25, -0.2) is 0 Å². The van der Waals surface area contributed by atoms with E-state index in [0.29, 0.717) is 55.5 Å². The van der Waals surface area contributed by atoms with Crippen LogP contribution >= 0.6 is 0 Å². The van der Waals surface area contributed by atoms with E-state index in [-0.39, 0.29) is 33.0 Å². The van der Waals surface area contributed by atoms with Crippen LogP contribution in [0.25, 0.3) is 0 Å². The van der Waals surface area contributed by atoms with Gasteiger partial charge in [0.15, 0.2) is 11.6 Å². The second kappa shape index (κ2) is 11.1. The molecule has 2 aromatic carbocycles. The molecule has 0 atom stereocenters. The number of hydrogen-bond acceptors (Lipinski definition) is 7. The van der Waals surface area contributed by atoms with Crippen LogP contribution in [-0.4, -0.2) is 45.1 Å². The van der Waals surface area contributed by atoms with Crippen molar-refractivity contribution in [3.05, 3.63) is 82.2 Å². The van der Waals surface area contributed by atoms with E-state index in [1.807, 2.05) is 13.0 Å². The fraction of sp³-hybridized carbons (Fsp3) is 0.471. The summed E-state index contributed by atoms with van der Waals surface area (Å²) >= 11 is 0. The Hall–Kier alpha value is -3.23. The van der Waals surface area contributed by atoms with Crippen molar-refractivity contribution in [1.29, 1.82) is 0 Å². The molecule has 42 heavy (non-hydrogen) atoms. The Morgan fingerprint density at radius 1 is 0.857 bits per heavy atom. The summed E-state index contributed by atoms with van der Waals surface area (Å²) in [5.74, 6) is -0.366. The van der Waals surface area contributed by atoms with Crippen LogP contribution < -0.4 is 4.18 Å². The second-order valence-electron chi connectivity index (χ2n) is 13.5. The van der Waals surface area contributed by atoms with E-state index in [9.17, 15) is 18.0 Å². The van der Waals surface area contributed by atoms with Crippen LogP contribution in [0.5, 0.6) is 5.75 Å². The number of nitrogens with zero attached hydrogens (tertiary/aromatic N) is 1. The van der Waals surface area contributed by atoms with Crippen molar-refractivity contribution in [2.24, 2.45) is 10.8 Å². The number of allylic oxidation sites excluding steroid dienone is 4. The lowest BCUT2D eigenvalue weighted by molar-refractivity contribution is -0.119. The Morgan fingerprint density at radius 3 is 1.98 bits per heavy atom. The van der Waals surface area contributed by atoms with Gasteiger partial charge in [-0.05, 0) is 66.8 Å². The smallest absolute Gasteiger partial charge is 0.339 e. The summed E-state index contributed by atoms with van der Waals surface area (Å²) in [4.78, 5) is 30.2. The number of aryl methyl sites for hydroxylation is 1. The number of rotatable bonds is 8. The number of carbonyl (C=O) groups is 2. The maximum Gasteiger partial charge on any atom is 0.339 e. The fourth-order valence-corrected chi connectivity index (χ4v) is 7.57. The summed E-state index contributed by atoms with van der Waals surface area (Å²) in [7, 11) is -2.40. The molecule has 1 aliphatic heterocycles. The Morgan fingerprint density at radius 2 is 1.43 bits per heavy atom. The Bertz CT molecular complexity index is 1530. The molecule has 0 aromatic heterocycles. The zero-order chi connectivity index (χ0) is 30.4. The maximum atomic E-state index is 14.0. The first-order valence-electron chi connectivity index (χ1n) is 14.6. The van der Waals surface area contributed by atoms with E-state index in [1.54, 1.807) is 37.4 Å². The third-order valence-corrected chi connectivity index (χ3v) is 9.72. The van der Waals surface area contributed by atoms with Gasteiger partial charge in [0.05, 0.1) is 0 Å². The number of benzene rings is 2. The highest BCUT2D eigenvalue weighted by Crippen LogP contribution is 2.54. The van der Waals surface area contributed by atoms with Crippen LogP contribution in [0, 0.1) is 17.8 Å². The summed E-state index contributed by atoms with van der Waals surface area (Å²) in [5, 5.41) is 0. The van der Waals surface area contributed by atoms with Crippen LogP contribution in [0.1, 0.15) is 76.8 Å². The van der Waals surface area contributed by atoms with Crippen LogP contribution in [0.3, 0.4) is 0 Å². The number of ether oxygens (including phenoxy) is 1. The average Bonchev–Trinajstić information content (AvgIpc) is 2.88. The Balaban J connectivity index is 1.64. The molecule has 0 bridgehead atoms. The van der Waals surface area contributed by atoms with E-state index in [4.69, 9.17) is 8.92 Å². The van der Waals surface area contributed by atoms with Crippen molar-refractivity contribution in [3.8, 4) is 5.75 Å². The van der Waals surface area contributed by atoms with Gasteiger partial charge in [-0.15, -0.1) is 0 Å². The van der Waals surface area contributed by atoms with Gasteiger partial charge in [0.2, 0.25) is 0 Å². The summed E-state index contributed by atoms with van der Waals surface area (Å²) in [6.45, 7) is 11.6. The molecule has 0 saturated heterocycles. The molecule has 0 radical (unpaired) electrons. The van der Waals surface area contributed by atoms with Crippen LogP contribution in [-0.2, 0) is 24.4 Å². The first kappa shape index (κ1) is 30.2. The van der Waals surface area contributed by atoms with E-state index >= 15 is 0 Å². The average molecular weight is 592 g/mol. The molecule has 0 amide bonds. The molecular formula is C34H41NO6S. The van der Waals surface area contributed by atoms with E-state index in [0.717, 1.165) is 23.4 Å². The van der Waals surface area contributed by atoms with Gasteiger partial charge < -0.3 is 13.8 Å². The van der Waals surface area contributed by atoms with Gasteiger partial charge >= 0.3 is 10.1 Å². The summed E-state index contributed by atoms with van der Waals surface area (Å²) in [6, 6.07) is 13.4. The molecule has 7 nitrogen and oxygen atoms in total. The summed E-state index contributed by atoms with van der Waals surface area (Å²) in [6.07, 6.45) is 2.95. The van der Waals surface area contributed by atoms with Crippen molar-refractivity contribution in [3.63, 3.8) is 0 Å². The zero-order valence-electron chi connectivity index (χ0n) is 25.5. The minimum absolute atomic E-state index is 0.0331. The molecule has 0 unspecified atom stereocenters. The molecule has 1 heterocycles. The van der Waals surface area contributed by atoms with Crippen molar-refractivity contribution in [1.82, 2.24) is 4.90 Å². The maximum absolute atomic E-state index is 14.0. The zero-order valence-corrected chi connectivity index (χ0v) is 26.3. The molecule has 2 aliphatic carbocycles. The van der Waals surface area contributed by atoms with E-state index in [2.05, 4.69) is 32.6 Å². The predicted octanol–water partition coefficient (Wildman–Crippen LogP) is 6.48. The lowest BCUT2D eigenvalue weighted by Gasteiger charge is -2.49. The third-order valence-electron chi connectivity index (χ3n) is 8.46. The monoisotopic (exact) mass is 591 g/mol. The van der Waals surface area contributed by atoms with E-state index in [1.165, 1.54) is 12.1 Å². The van der Waals surface area contributed by atoms with Gasteiger partial charge in [-0.1, -0.05) is 57.5 Å². The van der Waals surface area contributed by atoms with E-state index < -0.39 is 16.0 Å². The lowest BCUT2D eigenvalue weighted by atomic mass is 9.63. The van der Waals surface area contributed by atoms with Crippen molar-refractivity contribution >= 4 is 21.7 Å². The summed E-state index contributed by atoms with van der Waals surface area (Å²) < 4.78 is 37.1. The van der Waals surface area contributed by atoms with Crippen LogP contribution in [0.15, 0.2) is 76.0 Å². The third kappa shape index (κ3) is 5.97.